The van der Waals surface area contributed by atoms with Crippen LogP contribution in [0, 0.1) is 11.8 Å². The number of carbonyl (C=O) groups is 1. The molecule has 0 bridgehead atoms. The normalized spacial score (nSPS) is 18.1. The number of rotatable bonds is 4. The van der Waals surface area contributed by atoms with Crippen molar-refractivity contribution >= 4 is 5.97 Å². The second-order valence-electron chi connectivity index (χ2n) is 4.20. The van der Waals surface area contributed by atoms with Crippen LogP contribution in [0.4, 0.5) is 0 Å². The Morgan fingerprint density at radius 2 is 2.40 bits per heavy atom. The minimum absolute atomic E-state index is 0.219. The van der Waals surface area contributed by atoms with Crippen LogP contribution in [0.25, 0.3) is 0 Å². The minimum Gasteiger partial charge on any atom is -0.481 e. The molecule has 0 spiro atoms. The maximum atomic E-state index is 11.1. The van der Waals surface area contributed by atoms with Gasteiger partial charge in [-0.3, -0.25) is 9.78 Å². The molecule has 2 rings (SSSR count). The highest BCUT2D eigenvalue weighted by molar-refractivity contribution is 5.71. The van der Waals surface area contributed by atoms with Crippen LogP contribution in [0.1, 0.15) is 24.8 Å². The molecule has 0 aromatic carbocycles. The Hall–Kier alpha value is -1.38. The average Bonchev–Trinajstić information content (AvgIpc) is 2.15. The molecule has 1 heterocycles. The molecular formula is C12H15NO2. The maximum absolute atomic E-state index is 11.1. The Kier molecular flexibility index (Phi) is 2.99. The van der Waals surface area contributed by atoms with Gasteiger partial charge in [-0.05, 0) is 36.8 Å². The van der Waals surface area contributed by atoms with Crippen LogP contribution in [0.3, 0.4) is 0 Å². The van der Waals surface area contributed by atoms with Gasteiger partial charge >= 0.3 is 5.97 Å². The number of carboxylic acids is 1. The number of hydrogen-bond donors (Lipinski definition) is 1. The van der Waals surface area contributed by atoms with E-state index in [4.69, 9.17) is 5.11 Å². The zero-order valence-electron chi connectivity index (χ0n) is 8.60. The van der Waals surface area contributed by atoms with Crippen molar-refractivity contribution in [1.29, 1.82) is 0 Å². The number of aromatic nitrogens is 1. The van der Waals surface area contributed by atoms with Crippen LogP contribution in [-0.4, -0.2) is 16.1 Å². The first-order chi connectivity index (χ1) is 7.27. The van der Waals surface area contributed by atoms with E-state index in [1.807, 2.05) is 12.1 Å². The molecule has 0 amide bonds. The highest BCUT2D eigenvalue weighted by Gasteiger charge is 2.32. The van der Waals surface area contributed by atoms with E-state index < -0.39 is 5.97 Å². The molecule has 0 radical (unpaired) electrons. The van der Waals surface area contributed by atoms with Gasteiger partial charge in [0, 0.05) is 12.4 Å². The SMILES string of the molecule is O=C(O)C(Cc1cccnc1)C1CCC1. The van der Waals surface area contributed by atoms with E-state index in [-0.39, 0.29) is 5.92 Å². The molecule has 0 saturated heterocycles. The van der Waals surface area contributed by atoms with Crippen molar-refractivity contribution in [2.24, 2.45) is 11.8 Å². The van der Waals surface area contributed by atoms with Crippen molar-refractivity contribution in [1.82, 2.24) is 4.98 Å². The van der Waals surface area contributed by atoms with Crippen LogP contribution in [0.5, 0.6) is 0 Å². The van der Waals surface area contributed by atoms with Crippen molar-refractivity contribution in [3.63, 3.8) is 0 Å². The highest BCUT2D eigenvalue weighted by atomic mass is 16.4. The Balaban J connectivity index is 2.03. The van der Waals surface area contributed by atoms with Crippen LogP contribution in [0.15, 0.2) is 24.5 Å². The highest BCUT2D eigenvalue weighted by Crippen LogP contribution is 2.35. The Bertz CT molecular complexity index is 333. The molecule has 0 aliphatic heterocycles. The fourth-order valence-electron chi connectivity index (χ4n) is 2.07. The molecule has 1 atom stereocenters. The van der Waals surface area contributed by atoms with Gasteiger partial charge in [0.15, 0.2) is 0 Å². The number of nitrogens with zero attached hydrogens (tertiary/aromatic N) is 1. The third-order valence-electron chi connectivity index (χ3n) is 3.21. The summed E-state index contributed by atoms with van der Waals surface area (Å²) in [7, 11) is 0. The van der Waals surface area contributed by atoms with E-state index >= 15 is 0 Å². The van der Waals surface area contributed by atoms with E-state index in [1.54, 1.807) is 12.4 Å². The van der Waals surface area contributed by atoms with Crippen molar-refractivity contribution in [2.45, 2.75) is 25.7 Å². The number of pyridine rings is 1. The lowest BCUT2D eigenvalue weighted by molar-refractivity contribution is -0.144. The maximum Gasteiger partial charge on any atom is 0.307 e. The molecule has 1 fully saturated rings. The first-order valence-electron chi connectivity index (χ1n) is 5.39. The second-order valence-corrected chi connectivity index (χ2v) is 4.20. The fraction of sp³-hybridized carbons (Fsp3) is 0.500. The minimum atomic E-state index is -0.663. The summed E-state index contributed by atoms with van der Waals surface area (Å²) >= 11 is 0. The van der Waals surface area contributed by atoms with Crippen LogP contribution in [0.2, 0.25) is 0 Å². The standard InChI is InChI=1S/C12H15NO2/c14-12(15)11(10-4-1-5-10)7-9-3-2-6-13-8-9/h2-3,6,8,10-11H,1,4-5,7H2,(H,14,15). The smallest absolute Gasteiger partial charge is 0.307 e. The first-order valence-corrected chi connectivity index (χ1v) is 5.39. The molecular weight excluding hydrogens is 190 g/mol. The summed E-state index contributed by atoms with van der Waals surface area (Å²) in [5, 5.41) is 9.15. The lowest BCUT2D eigenvalue weighted by Crippen LogP contribution is -2.30. The first kappa shape index (κ1) is 10.1. The van der Waals surface area contributed by atoms with Crippen LogP contribution < -0.4 is 0 Å². The molecule has 1 aromatic rings. The number of aliphatic carboxylic acids is 1. The molecule has 1 N–H and O–H groups in total. The fourth-order valence-corrected chi connectivity index (χ4v) is 2.07. The quantitative estimate of drug-likeness (QED) is 0.819. The van der Waals surface area contributed by atoms with E-state index in [0.717, 1.165) is 18.4 Å². The number of hydrogen-bond acceptors (Lipinski definition) is 2. The number of carboxylic acid groups (broad SMARTS) is 1. The summed E-state index contributed by atoms with van der Waals surface area (Å²) in [6, 6.07) is 3.80. The van der Waals surface area contributed by atoms with Gasteiger partial charge in [-0.15, -0.1) is 0 Å². The van der Waals surface area contributed by atoms with Crippen molar-refractivity contribution < 1.29 is 9.90 Å². The third kappa shape index (κ3) is 2.35. The van der Waals surface area contributed by atoms with Gasteiger partial charge in [-0.1, -0.05) is 12.5 Å². The van der Waals surface area contributed by atoms with Gasteiger partial charge in [-0.25, -0.2) is 0 Å². The van der Waals surface area contributed by atoms with Gasteiger partial charge in [0.05, 0.1) is 5.92 Å². The van der Waals surface area contributed by atoms with Gasteiger partial charge in [0.2, 0.25) is 0 Å². The monoisotopic (exact) mass is 205 g/mol. The molecule has 3 heteroatoms. The van der Waals surface area contributed by atoms with Crippen molar-refractivity contribution in [3.8, 4) is 0 Å². The summed E-state index contributed by atoms with van der Waals surface area (Å²) < 4.78 is 0. The van der Waals surface area contributed by atoms with E-state index in [1.165, 1.54) is 6.42 Å². The van der Waals surface area contributed by atoms with Crippen LogP contribution in [-0.2, 0) is 11.2 Å². The van der Waals surface area contributed by atoms with Gasteiger partial charge in [0.25, 0.3) is 0 Å². The molecule has 1 unspecified atom stereocenters. The summed E-state index contributed by atoms with van der Waals surface area (Å²) in [6.07, 6.45) is 7.40. The molecule has 80 valence electrons. The van der Waals surface area contributed by atoms with Gasteiger partial charge in [-0.2, -0.15) is 0 Å². The predicted molar refractivity (Wildman–Crippen MR) is 56.4 cm³/mol. The molecule has 3 nitrogen and oxygen atoms in total. The van der Waals surface area contributed by atoms with Crippen molar-refractivity contribution in [2.75, 3.05) is 0 Å². The topological polar surface area (TPSA) is 50.2 Å². The Labute approximate surface area is 89.2 Å². The molecule has 15 heavy (non-hydrogen) atoms. The molecule has 1 aliphatic rings. The summed E-state index contributed by atoms with van der Waals surface area (Å²) in [6.45, 7) is 0. The van der Waals surface area contributed by atoms with Gasteiger partial charge < -0.3 is 5.11 Å². The zero-order valence-corrected chi connectivity index (χ0v) is 8.60. The third-order valence-corrected chi connectivity index (χ3v) is 3.21. The Morgan fingerprint density at radius 1 is 1.60 bits per heavy atom. The summed E-state index contributed by atoms with van der Waals surface area (Å²) in [4.78, 5) is 15.1. The van der Waals surface area contributed by atoms with Gasteiger partial charge in [0.1, 0.15) is 0 Å². The van der Waals surface area contributed by atoms with E-state index in [9.17, 15) is 4.79 Å². The van der Waals surface area contributed by atoms with E-state index in [2.05, 4.69) is 4.98 Å². The Morgan fingerprint density at radius 3 is 2.87 bits per heavy atom. The summed E-state index contributed by atoms with van der Waals surface area (Å²) in [5.41, 5.74) is 1.02. The van der Waals surface area contributed by atoms with E-state index in [0.29, 0.717) is 12.3 Å². The molecule has 1 saturated carbocycles. The zero-order chi connectivity index (χ0) is 10.7. The summed E-state index contributed by atoms with van der Waals surface area (Å²) in [5.74, 6) is -0.505. The lowest BCUT2D eigenvalue weighted by Gasteiger charge is -2.31. The second kappa shape index (κ2) is 4.43. The van der Waals surface area contributed by atoms with Crippen LogP contribution >= 0.6 is 0 Å². The lowest BCUT2D eigenvalue weighted by atomic mass is 9.74. The van der Waals surface area contributed by atoms with Crippen molar-refractivity contribution in [3.05, 3.63) is 30.1 Å². The largest absolute Gasteiger partial charge is 0.481 e. The molecule has 1 aromatic heterocycles. The predicted octanol–water partition coefficient (Wildman–Crippen LogP) is 2.12. The molecule has 1 aliphatic carbocycles. The average molecular weight is 205 g/mol.